The highest BCUT2D eigenvalue weighted by Gasteiger charge is 2.16. The van der Waals surface area contributed by atoms with Crippen LogP contribution < -0.4 is 14.8 Å². The van der Waals surface area contributed by atoms with Gasteiger partial charge in [0.05, 0.1) is 18.4 Å². The molecule has 0 aliphatic carbocycles. The van der Waals surface area contributed by atoms with Crippen molar-refractivity contribution >= 4 is 45.5 Å². The minimum Gasteiger partial charge on any atom is -0.493 e. The standard InChI is InChI=1S/C21H20N4O4S3/c1-12-16(13(2)29-25-12)10-28-17-7-6-14(9-18(17)27-3)19(26)22-20-23-24-21(32-20)31-11-15-5-4-8-30-15/h4-9H,10-11H2,1-3H3,(H,22,23,26). The first-order valence-corrected chi connectivity index (χ1v) is 12.2. The third-order valence-electron chi connectivity index (χ3n) is 4.52. The molecule has 11 heteroatoms. The topological polar surface area (TPSA) is 99.4 Å². The quantitative estimate of drug-likeness (QED) is 0.249. The molecule has 166 valence electrons. The van der Waals surface area contributed by atoms with Crippen LogP contribution >= 0.6 is 34.4 Å². The van der Waals surface area contributed by atoms with E-state index in [1.165, 1.54) is 23.3 Å². The van der Waals surface area contributed by atoms with Gasteiger partial charge in [-0.1, -0.05) is 34.3 Å². The Balaban J connectivity index is 1.38. The van der Waals surface area contributed by atoms with Gasteiger partial charge in [0.25, 0.3) is 5.91 Å². The summed E-state index contributed by atoms with van der Waals surface area (Å²) < 4.78 is 17.2. The summed E-state index contributed by atoms with van der Waals surface area (Å²) in [6, 6.07) is 9.11. The fraction of sp³-hybridized carbons (Fsp3) is 0.238. The molecule has 4 rings (SSSR count). The van der Waals surface area contributed by atoms with Crippen LogP contribution in [-0.4, -0.2) is 28.4 Å². The maximum Gasteiger partial charge on any atom is 0.257 e. The Bertz CT molecular complexity index is 1180. The lowest BCUT2D eigenvalue weighted by atomic mass is 10.2. The average Bonchev–Trinajstić information content (AvgIpc) is 3.54. The zero-order valence-electron chi connectivity index (χ0n) is 17.6. The molecule has 8 nitrogen and oxygen atoms in total. The van der Waals surface area contributed by atoms with Gasteiger partial charge in [0.15, 0.2) is 15.8 Å². The summed E-state index contributed by atoms with van der Waals surface area (Å²) in [5, 5.41) is 17.4. The van der Waals surface area contributed by atoms with Crippen molar-refractivity contribution in [1.29, 1.82) is 0 Å². The van der Waals surface area contributed by atoms with Gasteiger partial charge in [0.1, 0.15) is 12.4 Å². The maximum atomic E-state index is 12.7. The molecule has 1 N–H and O–H groups in total. The molecule has 0 aliphatic heterocycles. The van der Waals surface area contributed by atoms with Crippen LogP contribution in [0.3, 0.4) is 0 Å². The zero-order valence-corrected chi connectivity index (χ0v) is 20.0. The molecule has 0 fully saturated rings. The van der Waals surface area contributed by atoms with E-state index >= 15 is 0 Å². The highest BCUT2D eigenvalue weighted by atomic mass is 32.2. The van der Waals surface area contributed by atoms with E-state index in [0.29, 0.717) is 34.6 Å². The van der Waals surface area contributed by atoms with Crippen LogP contribution in [0.2, 0.25) is 0 Å². The first-order chi connectivity index (χ1) is 15.5. The van der Waals surface area contributed by atoms with Crippen LogP contribution in [-0.2, 0) is 12.4 Å². The number of thiophene rings is 1. The molecule has 0 saturated heterocycles. The number of methoxy groups -OCH3 is 1. The lowest BCUT2D eigenvalue weighted by Crippen LogP contribution is -2.12. The van der Waals surface area contributed by atoms with Crippen LogP contribution in [0, 0.1) is 13.8 Å². The van der Waals surface area contributed by atoms with Crippen LogP contribution in [0.5, 0.6) is 11.5 Å². The second-order valence-electron chi connectivity index (χ2n) is 6.65. The second-order valence-corrected chi connectivity index (χ2v) is 9.88. The molecule has 0 bridgehead atoms. The molecule has 0 radical (unpaired) electrons. The molecule has 0 unspecified atom stereocenters. The summed E-state index contributed by atoms with van der Waals surface area (Å²) in [5.41, 5.74) is 2.09. The van der Waals surface area contributed by atoms with Crippen molar-refractivity contribution in [3.8, 4) is 11.5 Å². The van der Waals surface area contributed by atoms with Crippen molar-refractivity contribution in [3.63, 3.8) is 0 Å². The minimum atomic E-state index is -0.300. The van der Waals surface area contributed by atoms with E-state index in [1.807, 2.05) is 25.3 Å². The normalized spacial score (nSPS) is 10.8. The zero-order chi connectivity index (χ0) is 22.5. The number of hydrogen-bond acceptors (Lipinski definition) is 10. The largest absolute Gasteiger partial charge is 0.493 e. The number of nitrogens with zero attached hydrogens (tertiary/aromatic N) is 3. The molecule has 3 heterocycles. The Morgan fingerprint density at radius 2 is 2.09 bits per heavy atom. The number of rotatable bonds is 9. The maximum absolute atomic E-state index is 12.7. The summed E-state index contributed by atoms with van der Waals surface area (Å²) in [5.74, 6) is 2.21. The Morgan fingerprint density at radius 1 is 1.22 bits per heavy atom. The van der Waals surface area contributed by atoms with Gasteiger partial charge in [0.2, 0.25) is 5.13 Å². The predicted molar refractivity (Wildman–Crippen MR) is 125 cm³/mol. The second kappa shape index (κ2) is 10.2. The van der Waals surface area contributed by atoms with Crippen molar-refractivity contribution in [2.75, 3.05) is 12.4 Å². The number of hydrogen-bond donors (Lipinski definition) is 1. The van der Waals surface area contributed by atoms with Crippen molar-refractivity contribution < 1.29 is 18.8 Å². The van der Waals surface area contributed by atoms with E-state index in [0.717, 1.165) is 21.3 Å². The monoisotopic (exact) mass is 488 g/mol. The molecule has 3 aromatic heterocycles. The lowest BCUT2D eigenvalue weighted by molar-refractivity contribution is 0.102. The van der Waals surface area contributed by atoms with Crippen LogP contribution in [0.15, 0.2) is 44.6 Å². The number of aromatic nitrogens is 3. The lowest BCUT2D eigenvalue weighted by Gasteiger charge is -2.12. The smallest absolute Gasteiger partial charge is 0.257 e. The van der Waals surface area contributed by atoms with Gasteiger partial charge in [-0.15, -0.1) is 21.5 Å². The van der Waals surface area contributed by atoms with E-state index in [1.54, 1.807) is 41.3 Å². The van der Waals surface area contributed by atoms with Gasteiger partial charge >= 0.3 is 0 Å². The van der Waals surface area contributed by atoms with E-state index < -0.39 is 0 Å². The number of carbonyl (C=O) groups is 1. The van der Waals surface area contributed by atoms with Crippen LogP contribution in [0.1, 0.15) is 32.3 Å². The summed E-state index contributed by atoms with van der Waals surface area (Å²) >= 11 is 4.64. The molecule has 32 heavy (non-hydrogen) atoms. The number of aryl methyl sites for hydroxylation is 2. The molecule has 4 aromatic rings. The molecule has 0 atom stereocenters. The van der Waals surface area contributed by atoms with Gasteiger partial charge in [-0.25, -0.2) is 0 Å². The number of ether oxygens (including phenoxy) is 2. The number of nitrogens with one attached hydrogen (secondary N) is 1. The number of carbonyl (C=O) groups excluding carboxylic acids is 1. The minimum absolute atomic E-state index is 0.291. The van der Waals surface area contributed by atoms with Crippen LogP contribution in [0.4, 0.5) is 5.13 Å². The van der Waals surface area contributed by atoms with Gasteiger partial charge in [-0.3, -0.25) is 10.1 Å². The van der Waals surface area contributed by atoms with E-state index in [9.17, 15) is 4.79 Å². The number of thioether (sulfide) groups is 1. The highest BCUT2D eigenvalue weighted by Crippen LogP contribution is 2.32. The summed E-state index contributed by atoms with van der Waals surface area (Å²) in [6.07, 6.45) is 0. The number of benzene rings is 1. The number of amides is 1. The third kappa shape index (κ3) is 5.29. The van der Waals surface area contributed by atoms with Gasteiger partial charge in [-0.05, 0) is 43.5 Å². The summed E-state index contributed by atoms with van der Waals surface area (Å²) in [4.78, 5) is 14.0. The third-order valence-corrected chi connectivity index (χ3v) is 7.60. The Morgan fingerprint density at radius 3 is 2.81 bits per heavy atom. The van der Waals surface area contributed by atoms with Crippen molar-refractivity contribution in [2.24, 2.45) is 0 Å². The van der Waals surface area contributed by atoms with Crippen molar-refractivity contribution in [3.05, 3.63) is 63.2 Å². The highest BCUT2D eigenvalue weighted by molar-refractivity contribution is 8.00. The van der Waals surface area contributed by atoms with E-state index in [2.05, 4.69) is 26.7 Å². The van der Waals surface area contributed by atoms with Crippen molar-refractivity contribution in [1.82, 2.24) is 15.4 Å². The fourth-order valence-electron chi connectivity index (χ4n) is 2.80. The van der Waals surface area contributed by atoms with Gasteiger partial charge in [-0.2, -0.15) is 0 Å². The Labute approximate surface area is 197 Å². The number of anilines is 1. The van der Waals surface area contributed by atoms with Gasteiger partial charge < -0.3 is 14.0 Å². The molecule has 1 amide bonds. The summed E-state index contributed by atoms with van der Waals surface area (Å²) in [7, 11) is 1.53. The molecule has 1 aromatic carbocycles. The summed E-state index contributed by atoms with van der Waals surface area (Å²) in [6.45, 7) is 3.99. The van der Waals surface area contributed by atoms with E-state index in [4.69, 9.17) is 14.0 Å². The molecule has 0 saturated carbocycles. The Hall–Kier alpha value is -2.89. The average molecular weight is 489 g/mol. The SMILES string of the molecule is COc1cc(C(=O)Nc2nnc(SCc3cccs3)s2)ccc1OCc1c(C)noc1C. The molecule has 0 aliphatic rings. The molecular weight excluding hydrogens is 468 g/mol. The first-order valence-electron chi connectivity index (χ1n) is 9.56. The van der Waals surface area contributed by atoms with Crippen LogP contribution in [0.25, 0.3) is 0 Å². The first kappa shape index (κ1) is 22.3. The molecular formula is C21H20N4O4S3. The predicted octanol–water partition coefficient (Wildman–Crippen LogP) is 5.34. The van der Waals surface area contributed by atoms with Gasteiger partial charge in [0, 0.05) is 16.2 Å². The molecule has 0 spiro atoms. The van der Waals surface area contributed by atoms with E-state index in [-0.39, 0.29) is 5.91 Å². The van der Waals surface area contributed by atoms with Crippen molar-refractivity contribution in [2.45, 2.75) is 30.5 Å². The fourth-order valence-corrected chi connectivity index (χ4v) is 5.32. The Kier molecular flexibility index (Phi) is 7.08.